The van der Waals surface area contributed by atoms with Crippen LogP contribution in [0.25, 0.3) is 0 Å². The van der Waals surface area contributed by atoms with Gasteiger partial charge in [-0.2, -0.15) is 0 Å². The van der Waals surface area contributed by atoms with Crippen LogP contribution >= 0.6 is 0 Å². The van der Waals surface area contributed by atoms with Gasteiger partial charge in [0.25, 0.3) is 5.91 Å². The number of hydrogen-bond donors (Lipinski definition) is 2. The Balaban J connectivity index is 2.07. The van der Waals surface area contributed by atoms with Gasteiger partial charge >= 0.3 is 0 Å². The van der Waals surface area contributed by atoms with Gasteiger partial charge < -0.3 is 10.6 Å². The van der Waals surface area contributed by atoms with Crippen LogP contribution in [0.1, 0.15) is 49.4 Å². The van der Waals surface area contributed by atoms with E-state index in [-0.39, 0.29) is 17.7 Å². The van der Waals surface area contributed by atoms with E-state index in [4.69, 9.17) is 0 Å². The quantitative estimate of drug-likeness (QED) is 0.867. The first kappa shape index (κ1) is 14.6. The van der Waals surface area contributed by atoms with Crippen LogP contribution < -0.4 is 10.6 Å². The van der Waals surface area contributed by atoms with Crippen molar-refractivity contribution >= 4 is 17.5 Å². The lowest BCUT2D eigenvalue weighted by Crippen LogP contribution is -2.27. The molecule has 108 valence electrons. The number of rotatable bonds is 5. The first-order valence-corrected chi connectivity index (χ1v) is 7.40. The fourth-order valence-electron chi connectivity index (χ4n) is 2.55. The van der Waals surface area contributed by atoms with Gasteiger partial charge in [0.1, 0.15) is 0 Å². The zero-order valence-electron chi connectivity index (χ0n) is 11.9. The van der Waals surface area contributed by atoms with Crippen molar-refractivity contribution in [2.45, 2.75) is 39.0 Å². The molecule has 20 heavy (non-hydrogen) atoms. The van der Waals surface area contributed by atoms with Crippen LogP contribution in [-0.4, -0.2) is 18.4 Å². The summed E-state index contributed by atoms with van der Waals surface area (Å²) in [4.78, 5) is 24.2. The van der Waals surface area contributed by atoms with Gasteiger partial charge in [-0.05, 0) is 31.4 Å². The van der Waals surface area contributed by atoms with Gasteiger partial charge in [-0.1, -0.05) is 31.9 Å². The molecule has 4 nitrogen and oxygen atoms in total. The third-order valence-electron chi connectivity index (χ3n) is 3.69. The summed E-state index contributed by atoms with van der Waals surface area (Å²) in [5.41, 5.74) is 1.14. The summed E-state index contributed by atoms with van der Waals surface area (Å²) in [6.45, 7) is 2.65. The standard InChI is InChI=1S/C16H22N2O2/c1-2-11-17-16(20)13-9-5-6-10-14(13)18-15(19)12-7-3-4-8-12/h5-6,9-10,12H,2-4,7-8,11H2,1H3,(H,17,20)(H,18,19). The fraction of sp³-hybridized carbons (Fsp3) is 0.500. The van der Waals surface area contributed by atoms with Gasteiger partial charge in [-0.3, -0.25) is 9.59 Å². The smallest absolute Gasteiger partial charge is 0.253 e. The lowest BCUT2D eigenvalue weighted by Gasteiger charge is -2.13. The predicted octanol–water partition coefficient (Wildman–Crippen LogP) is 2.96. The number of anilines is 1. The van der Waals surface area contributed by atoms with E-state index < -0.39 is 0 Å². The second-order valence-electron chi connectivity index (χ2n) is 5.27. The minimum Gasteiger partial charge on any atom is -0.352 e. The van der Waals surface area contributed by atoms with E-state index >= 15 is 0 Å². The van der Waals surface area contributed by atoms with Crippen molar-refractivity contribution in [3.63, 3.8) is 0 Å². The number of benzene rings is 1. The van der Waals surface area contributed by atoms with Crippen LogP contribution in [0.3, 0.4) is 0 Å². The topological polar surface area (TPSA) is 58.2 Å². The number of nitrogens with one attached hydrogen (secondary N) is 2. The van der Waals surface area contributed by atoms with E-state index in [0.717, 1.165) is 32.1 Å². The van der Waals surface area contributed by atoms with Crippen molar-refractivity contribution in [3.8, 4) is 0 Å². The van der Waals surface area contributed by atoms with Crippen molar-refractivity contribution in [1.82, 2.24) is 5.32 Å². The van der Waals surface area contributed by atoms with Crippen molar-refractivity contribution < 1.29 is 9.59 Å². The molecule has 1 aromatic carbocycles. The zero-order chi connectivity index (χ0) is 14.4. The normalized spacial score (nSPS) is 15.1. The average molecular weight is 274 g/mol. The first-order chi connectivity index (χ1) is 9.72. The number of para-hydroxylation sites is 1. The lowest BCUT2D eigenvalue weighted by molar-refractivity contribution is -0.119. The van der Waals surface area contributed by atoms with Gasteiger partial charge in [0.05, 0.1) is 11.3 Å². The van der Waals surface area contributed by atoms with E-state index in [1.807, 2.05) is 19.1 Å². The molecule has 1 aliphatic carbocycles. The van der Waals surface area contributed by atoms with E-state index in [9.17, 15) is 9.59 Å². The van der Waals surface area contributed by atoms with Crippen LogP contribution in [0, 0.1) is 5.92 Å². The van der Waals surface area contributed by atoms with E-state index in [0.29, 0.717) is 17.8 Å². The van der Waals surface area contributed by atoms with Gasteiger partial charge in [0.2, 0.25) is 5.91 Å². The molecule has 0 aliphatic heterocycles. The van der Waals surface area contributed by atoms with Gasteiger partial charge in [-0.25, -0.2) is 0 Å². The molecular formula is C16H22N2O2. The Morgan fingerprint density at radius 1 is 1.20 bits per heavy atom. The molecule has 1 aromatic rings. The Bertz CT molecular complexity index is 479. The molecule has 0 saturated heterocycles. The molecule has 2 N–H and O–H groups in total. The van der Waals surface area contributed by atoms with E-state index in [1.165, 1.54) is 0 Å². The Hall–Kier alpha value is -1.84. The third kappa shape index (κ3) is 3.59. The Morgan fingerprint density at radius 3 is 2.60 bits per heavy atom. The number of hydrogen-bond acceptors (Lipinski definition) is 2. The summed E-state index contributed by atoms with van der Waals surface area (Å²) < 4.78 is 0. The van der Waals surface area contributed by atoms with Crippen molar-refractivity contribution in [2.75, 3.05) is 11.9 Å². The largest absolute Gasteiger partial charge is 0.352 e. The molecule has 1 fully saturated rings. The Labute approximate surface area is 119 Å². The summed E-state index contributed by atoms with van der Waals surface area (Å²) in [7, 11) is 0. The molecule has 2 rings (SSSR count). The SMILES string of the molecule is CCCNC(=O)c1ccccc1NC(=O)C1CCCC1. The van der Waals surface area contributed by atoms with Crippen molar-refractivity contribution in [2.24, 2.45) is 5.92 Å². The molecular weight excluding hydrogens is 252 g/mol. The zero-order valence-corrected chi connectivity index (χ0v) is 11.9. The highest BCUT2D eigenvalue weighted by Gasteiger charge is 2.23. The molecule has 0 heterocycles. The monoisotopic (exact) mass is 274 g/mol. The maximum absolute atomic E-state index is 12.2. The Kier molecular flexibility index (Phi) is 5.16. The average Bonchev–Trinajstić information content (AvgIpc) is 2.99. The number of carbonyl (C=O) groups is 2. The molecule has 2 amide bonds. The third-order valence-corrected chi connectivity index (χ3v) is 3.69. The van der Waals surface area contributed by atoms with Crippen LogP contribution in [0.15, 0.2) is 24.3 Å². The van der Waals surface area contributed by atoms with Crippen molar-refractivity contribution in [3.05, 3.63) is 29.8 Å². The number of carbonyl (C=O) groups excluding carboxylic acids is 2. The summed E-state index contributed by atoms with van der Waals surface area (Å²) in [5, 5.41) is 5.75. The Morgan fingerprint density at radius 2 is 1.90 bits per heavy atom. The highest BCUT2D eigenvalue weighted by Crippen LogP contribution is 2.26. The fourth-order valence-corrected chi connectivity index (χ4v) is 2.55. The summed E-state index contributed by atoms with van der Waals surface area (Å²) >= 11 is 0. The van der Waals surface area contributed by atoms with Gasteiger partial charge in [-0.15, -0.1) is 0 Å². The molecule has 0 aromatic heterocycles. The lowest BCUT2D eigenvalue weighted by atomic mass is 10.1. The molecule has 4 heteroatoms. The molecule has 0 spiro atoms. The van der Waals surface area contributed by atoms with Crippen LogP contribution in [0.4, 0.5) is 5.69 Å². The summed E-state index contributed by atoms with van der Waals surface area (Å²) in [6.07, 6.45) is 5.04. The molecule has 0 atom stereocenters. The second kappa shape index (κ2) is 7.08. The molecule has 0 unspecified atom stereocenters. The van der Waals surface area contributed by atoms with Crippen LogP contribution in [-0.2, 0) is 4.79 Å². The number of amides is 2. The van der Waals surface area contributed by atoms with Crippen LogP contribution in [0.2, 0.25) is 0 Å². The summed E-state index contributed by atoms with van der Waals surface area (Å²) in [5.74, 6) is 0.00849. The van der Waals surface area contributed by atoms with Crippen LogP contribution in [0.5, 0.6) is 0 Å². The molecule has 0 bridgehead atoms. The molecule has 1 aliphatic rings. The van der Waals surface area contributed by atoms with Gasteiger partial charge in [0.15, 0.2) is 0 Å². The highest BCUT2D eigenvalue weighted by atomic mass is 16.2. The molecule has 1 saturated carbocycles. The van der Waals surface area contributed by atoms with Gasteiger partial charge in [0, 0.05) is 12.5 Å². The second-order valence-corrected chi connectivity index (χ2v) is 5.27. The maximum Gasteiger partial charge on any atom is 0.253 e. The van der Waals surface area contributed by atoms with E-state index in [2.05, 4.69) is 10.6 Å². The molecule has 0 radical (unpaired) electrons. The predicted molar refractivity (Wildman–Crippen MR) is 79.7 cm³/mol. The first-order valence-electron chi connectivity index (χ1n) is 7.40. The minimum atomic E-state index is -0.130. The maximum atomic E-state index is 12.2. The minimum absolute atomic E-state index is 0.0400. The van der Waals surface area contributed by atoms with E-state index in [1.54, 1.807) is 12.1 Å². The van der Waals surface area contributed by atoms with Crippen molar-refractivity contribution in [1.29, 1.82) is 0 Å². The summed E-state index contributed by atoms with van der Waals surface area (Å²) in [6, 6.07) is 7.18. The highest BCUT2D eigenvalue weighted by molar-refractivity contribution is 6.04.